The van der Waals surface area contributed by atoms with Crippen molar-refractivity contribution < 1.29 is 23.9 Å². The van der Waals surface area contributed by atoms with Crippen LogP contribution in [-0.2, 0) is 25.5 Å². The summed E-state index contributed by atoms with van der Waals surface area (Å²) in [4.78, 5) is 37.3. The predicted octanol–water partition coefficient (Wildman–Crippen LogP) is 2.17. The Kier molecular flexibility index (Phi) is 3.74. The highest BCUT2D eigenvalue weighted by molar-refractivity contribution is 6.04. The molecule has 5 heteroatoms. The zero-order chi connectivity index (χ0) is 16.8. The molecule has 0 aromatic heterocycles. The zero-order valence-electron chi connectivity index (χ0n) is 13.5. The second-order valence-electron chi connectivity index (χ2n) is 6.61. The van der Waals surface area contributed by atoms with Crippen molar-refractivity contribution in [1.82, 2.24) is 0 Å². The van der Waals surface area contributed by atoms with Crippen LogP contribution in [0.3, 0.4) is 0 Å². The van der Waals surface area contributed by atoms with E-state index in [-0.39, 0.29) is 12.4 Å². The van der Waals surface area contributed by atoms with Crippen molar-refractivity contribution in [3.05, 3.63) is 35.4 Å². The molecule has 0 saturated carbocycles. The summed E-state index contributed by atoms with van der Waals surface area (Å²) >= 11 is 0. The Hall–Kier alpha value is -2.17. The van der Waals surface area contributed by atoms with Crippen molar-refractivity contribution in [2.24, 2.45) is 17.8 Å². The lowest BCUT2D eigenvalue weighted by molar-refractivity contribution is -0.157. The first kappa shape index (κ1) is 15.7. The Bertz CT molecular complexity index is 676. The van der Waals surface area contributed by atoms with Crippen LogP contribution in [0.2, 0.25) is 0 Å². The molecule has 23 heavy (non-hydrogen) atoms. The molecule has 0 unspecified atom stereocenters. The lowest BCUT2D eigenvalue weighted by Gasteiger charge is -2.30. The first-order valence-corrected chi connectivity index (χ1v) is 7.88. The molecule has 1 aromatic carbocycles. The second-order valence-corrected chi connectivity index (χ2v) is 6.61. The molecule has 1 heterocycles. The number of benzene rings is 1. The van der Waals surface area contributed by atoms with Crippen LogP contribution < -0.4 is 0 Å². The molecule has 3 atom stereocenters. The molecule has 5 nitrogen and oxygen atoms in total. The third kappa shape index (κ3) is 2.44. The van der Waals surface area contributed by atoms with Crippen LogP contribution >= 0.6 is 0 Å². The summed E-state index contributed by atoms with van der Waals surface area (Å²) in [5, 5.41) is 0. The van der Waals surface area contributed by atoms with Gasteiger partial charge in [-0.25, -0.2) is 0 Å². The first-order valence-electron chi connectivity index (χ1n) is 7.88. The Balaban J connectivity index is 1.97. The maximum Gasteiger partial charge on any atom is 0.321 e. The second kappa shape index (κ2) is 5.48. The Morgan fingerprint density at radius 1 is 1.30 bits per heavy atom. The average molecular weight is 316 g/mol. The number of ether oxygens (including phenoxy) is 2. The smallest absolute Gasteiger partial charge is 0.321 e. The molecule has 0 radical (unpaired) electrons. The first-order chi connectivity index (χ1) is 10.9. The fourth-order valence-electron chi connectivity index (χ4n) is 3.89. The molecule has 1 aliphatic carbocycles. The number of esters is 2. The lowest BCUT2D eigenvalue weighted by Crippen LogP contribution is -2.41. The van der Waals surface area contributed by atoms with Crippen LogP contribution in [0.5, 0.6) is 0 Å². The van der Waals surface area contributed by atoms with E-state index in [9.17, 15) is 14.4 Å². The topological polar surface area (TPSA) is 69.7 Å². The number of ketones is 1. The number of carbonyl (C=O) groups excluding carboxylic acids is 3. The van der Waals surface area contributed by atoms with Gasteiger partial charge in [-0.15, -0.1) is 0 Å². The number of hydrogen-bond donors (Lipinski definition) is 0. The Morgan fingerprint density at radius 3 is 2.65 bits per heavy atom. The van der Waals surface area contributed by atoms with Gasteiger partial charge in [-0.2, -0.15) is 0 Å². The molecule has 1 saturated heterocycles. The highest BCUT2D eigenvalue weighted by atomic mass is 16.6. The molecule has 0 N–H and O–H groups in total. The van der Waals surface area contributed by atoms with Gasteiger partial charge in [0.15, 0.2) is 11.7 Å². The summed E-state index contributed by atoms with van der Waals surface area (Å²) < 4.78 is 10.4. The van der Waals surface area contributed by atoms with Crippen molar-refractivity contribution in [3.8, 4) is 0 Å². The normalized spacial score (nSPS) is 28.4. The fraction of sp³-hybridized carbons (Fsp3) is 0.500. The third-order valence-electron chi connectivity index (χ3n) is 4.81. The molecule has 2 aliphatic rings. The number of carbonyl (C=O) groups is 3. The number of Topliss-reactive ketones (excluding diaryl/α,β-unsaturated/α-hetero) is 1. The Morgan fingerprint density at radius 2 is 2.00 bits per heavy atom. The molecular formula is C18H20O5. The molecule has 122 valence electrons. The van der Waals surface area contributed by atoms with E-state index in [0.29, 0.717) is 12.0 Å². The van der Waals surface area contributed by atoms with Gasteiger partial charge < -0.3 is 9.47 Å². The van der Waals surface area contributed by atoms with Gasteiger partial charge >= 0.3 is 11.9 Å². The van der Waals surface area contributed by atoms with Crippen LogP contribution in [0, 0.1) is 17.8 Å². The quantitative estimate of drug-likeness (QED) is 0.631. The predicted molar refractivity (Wildman–Crippen MR) is 81.8 cm³/mol. The monoisotopic (exact) mass is 316 g/mol. The van der Waals surface area contributed by atoms with Gasteiger partial charge in [-0.1, -0.05) is 24.3 Å². The number of hydrogen-bond acceptors (Lipinski definition) is 5. The van der Waals surface area contributed by atoms with E-state index in [1.807, 2.05) is 18.2 Å². The number of cyclic esters (lactones) is 1. The molecular weight excluding hydrogens is 296 g/mol. The van der Waals surface area contributed by atoms with Gasteiger partial charge in [0.25, 0.3) is 0 Å². The van der Waals surface area contributed by atoms with E-state index in [1.165, 1.54) is 0 Å². The average Bonchev–Trinajstić information content (AvgIpc) is 2.93. The van der Waals surface area contributed by atoms with Gasteiger partial charge in [-0.05, 0) is 32.8 Å². The van der Waals surface area contributed by atoms with Crippen LogP contribution in [0.1, 0.15) is 36.7 Å². The maximum absolute atomic E-state index is 12.8. The number of rotatable bonds is 3. The SMILES string of the molecule is CCOC(=O)[C@@H]1C(=O)OC(C)(C)[C@@H]1[C@H]1Cc2ccccc2C1=O. The van der Waals surface area contributed by atoms with Crippen LogP contribution in [0.4, 0.5) is 0 Å². The summed E-state index contributed by atoms with van der Waals surface area (Å²) in [6.07, 6.45) is 0.523. The van der Waals surface area contributed by atoms with Crippen molar-refractivity contribution >= 4 is 17.7 Å². The molecule has 0 amide bonds. The molecule has 0 bridgehead atoms. The minimum absolute atomic E-state index is 0.0220. The van der Waals surface area contributed by atoms with E-state index in [4.69, 9.17) is 9.47 Å². The van der Waals surface area contributed by atoms with E-state index >= 15 is 0 Å². The van der Waals surface area contributed by atoms with Crippen molar-refractivity contribution in [1.29, 1.82) is 0 Å². The molecule has 3 rings (SSSR count). The zero-order valence-corrected chi connectivity index (χ0v) is 13.5. The van der Waals surface area contributed by atoms with Crippen LogP contribution in [0.25, 0.3) is 0 Å². The summed E-state index contributed by atoms with van der Waals surface area (Å²) in [7, 11) is 0. The van der Waals surface area contributed by atoms with Crippen molar-refractivity contribution in [2.75, 3.05) is 6.61 Å². The van der Waals surface area contributed by atoms with Gasteiger partial charge in [0, 0.05) is 17.4 Å². The highest BCUT2D eigenvalue weighted by Gasteiger charge is 2.59. The molecule has 1 fully saturated rings. The van der Waals surface area contributed by atoms with Gasteiger partial charge in [-0.3, -0.25) is 14.4 Å². The minimum Gasteiger partial charge on any atom is -0.465 e. The van der Waals surface area contributed by atoms with E-state index in [0.717, 1.165) is 5.56 Å². The fourth-order valence-corrected chi connectivity index (χ4v) is 3.89. The lowest BCUT2D eigenvalue weighted by atomic mass is 9.72. The van der Waals surface area contributed by atoms with Crippen LogP contribution in [0.15, 0.2) is 24.3 Å². The highest BCUT2D eigenvalue weighted by Crippen LogP contribution is 2.46. The van der Waals surface area contributed by atoms with E-state index in [2.05, 4.69) is 0 Å². The van der Waals surface area contributed by atoms with E-state index < -0.39 is 35.3 Å². The molecule has 1 aliphatic heterocycles. The summed E-state index contributed by atoms with van der Waals surface area (Å²) in [5.74, 6) is -3.21. The minimum atomic E-state index is -1.03. The van der Waals surface area contributed by atoms with Gasteiger partial charge in [0.1, 0.15) is 5.60 Å². The van der Waals surface area contributed by atoms with Crippen molar-refractivity contribution in [3.63, 3.8) is 0 Å². The Labute approximate surface area is 135 Å². The standard InChI is InChI=1S/C18H20O5/c1-4-22-16(20)13-14(18(2,3)23-17(13)21)12-9-10-7-5-6-8-11(10)15(12)19/h5-8,12-14H,4,9H2,1-3H3/t12-,13-,14-/m1/s1. The van der Waals surface area contributed by atoms with Crippen LogP contribution in [-0.4, -0.2) is 29.9 Å². The third-order valence-corrected chi connectivity index (χ3v) is 4.81. The summed E-state index contributed by atoms with van der Waals surface area (Å²) in [6, 6.07) is 7.42. The summed E-state index contributed by atoms with van der Waals surface area (Å²) in [6.45, 7) is 5.39. The maximum atomic E-state index is 12.8. The molecule has 1 aromatic rings. The number of fused-ring (bicyclic) bond motifs is 1. The van der Waals surface area contributed by atoms with E-state index in [1.54, 1.807) is 26.8 Å². The largest absolute Gasteiger partial charge is 0.465 e. The summed E-state index contributed by atoms with van der Waals surface area (Å²) in [5.41, 5.74) is 0.757. The molecule has 0 spiro atoms. The van der Waals surface area contributed by atoms with Gasteiger partial charge in [0.2, 0.25) is 0 Å². The van der Waals surface area contributed by atoms with Crippen molar-refractivity contribution in [2.45, 2.75) is 32.8 Å². The van der Waals surface area contributed by atoms with Gasteiger partial charge in [0.05, 0.1) is 6.61 Å².